The molecule has 0 aliphatic carbocycles. The van der Waals surface area contributed by atoms with Crippen molar-refractivity contribution in [3.05, 3.63) is 59.6 Å². The molecule has 8 heteroatoms. The number of nitrogens with one attached hydrogen (secondary N) is 1. The first-order valence-corrected chi connectivity index (χ1v) is 9.52. The van der Waals surface area contributed by atoms with Crippen molar-refractivity contribution in [1.29, 1.82) is 0 Å². The van der Waals surface area contributed by atoms with E-state index in [2.05, 4.69) is 20.5 Å². The average Bonchev–Trinajstić information content (AvgIpc) is 3.29. The number of carbonyl (C=O) groups is 1. The molecule has 0 saturated heterocycles. The number of carbonyl (C=O) groups excluding carboxylic acids is 1. The molecule has 4 rings (SSSR count). The molecule has 0 aliphatic heterocycles. The van der Waals surface area contributed by atoms with Crippen LogP contribution in [0.2, 0.25) is 0 Å². The minimum atomic E-state index is -0.262. The first kappa shape index (κ1) is 16.8. The molecule has 0 spiro atoms. The molecular formula is C18H14N4O2S2. The van der Waals surface area contributed by atoms with Gasteiger partial charge in [-0.3, -0.25) is 10.1 Å². The number of rotatable bonds is 6. The maximum absolute atomic E-state index is 12.0. The van der Waals surface area contributed by atoms with Crippen molar-refractivity contribution in [2.24, 2.45) is 0 Å². The van der Waals surface area contributed by atoms with Crippen LogP contribution in [0.5, 0.6) is 0 Å². The van der Waals surface area contributed by atoms with Crippen LogP contribution in [0.15, 0.2) is 54.6 Å². The molecule has 0 fully saturated rings. The van der Waals surface area contributed by atoms with Gasteiger partial charge in [-0.05, 0) is 12.1 Å². The number of nitrogens with zero attached hydrogens (tertiary/aromatic N) is 3. The highest BCUT2D eigenvalue weighted by Gasteiger charge is 2.10. The van der Waals surface area contributed by atoms with Crippen LogP contribution in [-0.2, 0) is 16.1 Å². The van der Waals surface area contributed by atoms with Gasteiger partial charge < -0.3 is 4.74 Å². The fraction of sp³-hybridized carbons (Fsp3) is 0.111. The number of hydrogen-bond acceptors (Lipinski definition) is 7. The Morgan fingerprint density at radius 1 is 1.00 bits per heavy atom. The summed E-state index contributed by atoms with van der Waals surface area (Å²) >= 11 is 2.89. The van der Waals surface area contributed by atoms with E-state index in [9.17, 15) is 4.79 Å². The summed E-state index contributed by atoms with van der Waals surface area (Å²) in [5.41, 5.74) is 1.92. The van der Waals surface area contributed by atoms with Crippen molar-refractivity contribution in [3.8, 4) is 10.6 Å². The third kappa shape index (κ3) is 3.93. The summed E-state index contributed by atoms with van der Waals surface area (Å²) in [7, 11) is 0. The summed E-state index contributed by atoms with van der Waals surface area (Å²) in [5, 5.41) is 12.9. The van der Waals surface area contributed by atoms with Crippen LogP contribution in [-0.4, -0.2) is 27.7 Å². The highest BCUT2D eigenvalue weighted by atomic mass is 32.1. The monoisotopic (exact) mass is 382 g/mol. The SMILES string of the molecule is O=C(COCc1nc2ccccc2s1)Nc1nnc(-c2ccccc2)s1. The van der Waals surface area contributed by atoms with Crippen LogP contribution in [0.25, 0.3) is 20.8 Å². The predicted octanol–water partition coefficient (Wildman–Crippen LogP) is 3.97. The molecule has 0 aliphatic rings. The van der Waals surface area contributed by atoms with Gasteiger partial charge in [0.15, 0.2) is 0 Å². The van der Waals surface area contributed by atoms with Crippen LogP contribution in [0.4, 0.5) is 5.13 Å². The molecule has 0 radical (unpaired) electrons. The number of aromatic nitrogens is 3. The summed E-state index contributed by atoms with van der Waals surface area (Å²) in [6, 6.07) is 17.6. The van der Waals surface area contributed by atoms with Crippen molar-refractivity contribution in [2.45, 2.75) is 6.61 Å². The fourth-order valence-corrected chi connectivity index (χ4v) is 4.01. The third-order valence-electron chi connectivity index (χ3n) is 3.49. The van der Waals surface area contributed by atoms with Crippen LogP contribution in [0, 0.1) is 0 Å². The van der Waals surface area contributed by atoms with Crippen LogP contribution < -0.4 is 5.32 Å². The maximum Gasteiger partial charge on any atom is 0.252 e. The second-order valence-corrected chi connectivity index (χ2v) is 7.49. The molecule has 0 unspecified atom stereocenters. The summed E-state index contributed by atoms with van der Waals surface area (Å²) in [4.78, 5) is 16.5. The topological polar surface area (TPSA) is 77.0 Å². The molecule has 2 aromatic heterocycles. The first-order valence-electron chi connectivity index (χ1n) is 7.89. The van der Waals surface area contributed by atoms with Crippen LogP contribution in [0.1, 0.15) is 5.01 Å². The molecule has 1 amide bonds. The largest absolute Gasteiger partial charge is 0.364 e. The van der Waals surface area contributed by atoms with Crippen molar-refractivity contribution in [2.75, 3.05) is 11.9 Å². The Morgan fingerprint density at radius 2 is 1.81 bits per heavy atom. The van der Waals surface area contributed by atoms with E-state index in [1.807, 2.05) is 54.6 Å². The smallest absolute Gasteiger partial charge is 0.252 e. The molecule has 4 aromatic rings. The second kappa shape index (κ2) is 7.69. The van der Waals surface area contributed by atoms with Gasteiger partial charge in [0.1, 0.15) is 16.6 Å². The van der Waals surface area contributed by atoms with E-state index in [0.717, 1.165) is 25.8 Å². The van der Waals surface area contributed by atoms with E-state index < -0.39 is 0 Å². The minimum absolute atomic E-state index is 0.0593. The van der Waals surface area contributed by atoms with Crippen LogP contribution in [0.3, 0.4) is 0 Å². The van der Waals surface area contributed by atoms with E-state index >= 15 is 0 Å². The lowest BCUT2D eigenvalue weighted by Gasteiger charge is -2.01. The van der Waals surface area contributed by atoms with Gasteiger partial charge in [0.05, 0.1) is 16.8 Å². The third-order valence-corrected chi connectivity index (χ3v) is 5.39. The molecule has 130 valence electrons. The molecule has 1 N–H and O–H groups in total. The number of benzene rings is 2. The Hall–Kier alpha value is -2.68. The Morgan fingerprint density at radius 3 is 2.65 bits per heavy atom. The highest BCUT2D eigenvalue weighted by molar-refractivity contribution is 7.18. The zero-order valence-electron chi connectivity index (χ0n) is 13.6. The van der Waals surface area contributed by atoms with E-state index in [0.29, 0.717) is 11.7 Å². The summed E-state index contributed by atoms with van der Waals surface area (Å²) < 4.78 is 6.58. The zero-order chi connectivity index (χ0) is 17.8. The van der Waals surface area contributed by atoms with Crippen molar-refractivity contribution in [3.63, 3.8) is 0 Å². The van der Waals surface area contributed by atoms with Gasteiger partial charge in [-0.25, -0.2) is 4.98 Å². The second-order valence-electron chi connectivity index (χ2n) is 5.39. The summed E-state index contributed by atoms with van der Waals surface area (Å²) in [6.07, 6.45) is 0. The Bertz CT molecular complexity index is 997. The zero-order valence-corrected chi connectivity index (χ0v) is 15.2. The van der Waals surface area contributed by atoms with Gasteiger partial charge in [-0.2, -0.15) is 0 Å². The number of thiazole rings is 1. The minimum Gasteiger partial charge on any atom is -0.364 e. The van der Waals surface area contributed by atoms with Crippen molar-refractivity contribution >= 4 is 43.9 Å². The number of fused-ring (bicyclic) bond motifs is 1. The lowest BCUT2D eigenvalue weighted by atomic mass is 10.2. The first-order chi connectivity index (χ1) is 12.8. The van der Waals surface area contributed by atoms with Crippen molar-refractivity contribution < 1.29 is 9.53 Å². The van der Waals surface area contributed by atoms with E-state index in [1.165, 1.54) is 11.3 Å². The van der Waals surface area contributed by atoms with Gasteiger partial charge in [0.25, 0.3) is 5.91 Å². The maximum atomic E-state index is 12.0. The standard InChI is InChI=1S/C18H14N4O2S2/c23-15(10-24-11-16-19-13-8-4-5-9-14(13)25-16)20-18-22-21-17(26-18)12-6-2-1-3-7-12/h1-9H,10-11H2,(H,20,22,23). The van der Waals surface area contributed by atoms with E-state index in [1.54, 1.807) is 11.3 Å². The van der Waals surface area contributed by atoms with Crippen molar-refractivity contribution in [1.82, 2.24) is 15.2 Å². The lowest BCUT2D eigenvalue weighted by molar-refractivity contribution is -0.121. The Balaban J connectivity index is 1.29. The number of amides is 1. The molecule has 2 aromatic carbocycles. The summed E-state index contributed by atoms with van der Waals surface area (Å²) in [5.74, 6) is -0.262. The summed E-state index contributed by atoms with van der Waals surface area (Å²) in [6.45, 7) is 0.244. The number of para-hydroxylation sites is 1. The number of hydrogen-bond donors (Lipinski definition) is 1. The molecule has 6 nitrogen and oxygen atoms in total. The molecule has 0 saturated carbocycles. The normalized spacial score (nSPS) is 10.9. The molecule has 2 heterocycles. The molecule has 0 bridgehead atoms. The molecular weight excluding hydrogens is 368 g/mol. The fourth-order valence-electron chi connectivity index (χ4n) is 2.34. The number of anilines is 1. The van der Waals surface area contributed by atoms with E-state index in [4.69, 9.17) is 4.74 Å². The highest BCUT2D eigenvalue weighted by Crippen LogP contribution is 2.26. The van der Waals surface area contributed by atoms with Gasteiger partial charge in [-0.15, -0.1) is 21.5 Å². The van der Waals surface area contributed by atoms with Gasteiger partial charge >= 0.3 is 0 Å². The molecule has 0 atom stereocenters. The van der Waals surface area contributed by atoms with Gasteiger partial charge in [0, 0.05) is 5.56 Å². The Labute approximate surface area is 157 Å². The lowest BCUT2D eigenvalue weighted by Crippen LogP contribution is -2.18. The van der Waals surface area contributed by atoms with Gasteiger partial charge in [-0.1, -0.05) is 53.8 Å². The average molecular weight is 382 g/mol. The quantitative estimate of drug-likeness (QED) is 0.546. The van der Waals surface area contributed by atoms with Gasteiger partial charge in [0.2, 0.25) is 5.13 Å². The number of ether oxygens (including phenoxy) is 1. The Kier molecular flexibility index (Phi) is 4.96. The predicted molar refractivity (Wildman–Crippen MR) is 103 cm³/mol. The van der Waals surface area contributed by atoms with E-state index in [-0.39, 0.29) is 12.5 Å². The molecule has 26 heavy (non-hydrogen) atoms. The van der Waals surface area contributed by atoms with Crippen LogP contribution >= 0.6 is 22.7 Å².